The van der Waals surface area contributed by atoms with Crippen molar-refractivity contribution in [2.24, 2.45) is 0 Å². The monoisotopic (exact) mass is 428 g/mol. The van der Waals surface area contributed by atoms with Crippen LogP contribution >= 0.6 is 0 Å². The molecule has 0 saturated carbocycles. The van der Waals surface area contributed by atoms with E-state index in [1.165, 1.54) is 17.7 Å². The van der Waals surface area contributed by atoms with Crippen molar-refractivity contribution in [3.8, 4) is 0 Å². The molecule has 0 aliphatic carbocycles. The zero-order valence-corrected chi connectivity index (χ0v) is 17.2. The maximum absolute atomic E-state index is 13.8. The number of carbonyl (C=O) groups excluding carboxylic acids is 1. The third-order valence-corrected chi connectivity index (χ3v) is 6.67. The molecule has 3 saturated heterocycles. The summed E-state index contributed by atoms with van der Waals surface area (Å²) in [6.45, 7) is 3.60. The molecule has 31 heavy (non-hydrogen) atoms. The summed E-state index contributed by atoms with van der Waals surface area (Å²) in [7, 11) is 0. The van der Waals surface area contributed by atoms with Gasteiger partial charge in [0, 0.05) is 50.5 Å². The van der Waals surface area contributed by atoms with Crippen LogP contribution in [0.15, 0.2) is 42.5 Å². The van der Waals surface area contributed by atoms with Crippen molar-refractivity contribution in [2.75, 3.05) is 37.7 Å². The number of amides is 2. The third kappa shape index (κ3) is 3.91. The van der Waals surface area contributed by atoms with Gasteiger partial charge in [0.25, 0.3) is 0 Å². The lowest BCUT2D eigenvalue weighted by Crippen LogP contribution is -2.50. The van der Waals surface area contributed by atoms with Crippen molar-refractivity contribution < 1.29 is 18.3 Å². The number of hydrazine groups is 1. The first-order chi connectivity index (χ1) is 15.0. The number of hydrogen-bond donors (Lipinski definition) is 2. The van der Waals surface area contributed by atoms with Gasteiger partial charge in [-0.25, -0.2) is 13.6 Å². The number of ether oxygens (including phenoxy) is 1. The second kappa shape index (κ2) is 8.18. The van der Waals surface area contributed by atoms with E-state index < -0.39 is 17.2 Å². The van der Waals surface area contributed by atoms with Crippen LogP contribution in [0.5, 0.6) is 0 Å². The van der Waals surface area contributed by atoms with E-state index >= 15 is 0 Å². The summed E-state index contributed by atoms with van der Waals surface area (Å²) in [5.74, 6) is -0.860. The van der Waals surface area contributed by atoms with Crippen molar-refractivity contribution >= 4 is 11.7 Å². The summed E-state index contributed by atoms with van der Waals surface area (Å²) in [5.41, 5.74) is 8.38. The molecular weight excluding hydrogens is 402 g/mol. The molecule has 3 heterocycles. The summed E-state index contributed by atoms with van der Waals surface area (Å²) in [4.78, 5) is 17.1. The molecule has 5 rings (SSSR count). The van der Waals surface area contributed by atoms with Gasteiger partial charge in [-0.2, -0.15) is 0 Å². The fourth-order valence-corrected chi connectivity index (χ4v) is 4.92. The molecule has 3 aliphatic heterocycles. The molecule has 8 heteroatoms. The van der Waals surface area contributed by atoms with Crippen LogP contribution in [0.1, 0.15) is 29.9 Å². The maximum atomic E-state index is 13.8. The molecule has 3 fully saturated rings. The lowest BCUT2D eigenvalue weighted by Gasteiger charge is -2.39. The van der Waals surface area contributed by atoms with Crippen molar-refractivity contribution in [3.05, 3.63) is 65.2 Å². The van der Waals surface area contributed by atoms with Crippen molar-refractivity contribution in [1.82, 2.24) is 15.8 Å². The Balaban J connectivity index is 1.42. The third-order valence-electron chi connectivity index (χ3n) is 6.67. The molecule has 0 aromatic heterocycles. The number of carbonyl (C=O) groups is 1. The van der Waals surface area contributed by atoms with Gasteiger partial charge in [0.2, 0.25) is 0 Å². The van der Waals surface area contributed by atoms with Crippen molar-refractivity contribution in [3.63, 3.8) is 0 Å². The second-order valence-corrected chi connectivity index (χ2v) is 8.62. The molecule has 2 N–H and O–H groups in total. The number of anilines is 1. The number of rotatable bonds is 4. The van der Waals surface area contributed by atoms with E-state index in [-0.39, 0.29) is 12.6 Å². The molecule has 3 aliphatic rings. The summed E-state index contributed by atoms with van der Waals surface area (Å²) >= 11 is 0. The van der Waals surface area contributed by atoms with Crippen LogP contribution in [0, 0.1) is 11.6 Å². The summed E-state index contributed by atoms with van der Waals surface area (Å²) in [6.07, 6.45) is 1.40. The molecule has 2 amide bonds. The van der Waals surface area contributed by atoms with Gasteiger partial charge in [0.1, 0.15) is 11.6 Å². The zero-order valence-electron chi connectivity index (χ0n) is 17.2. The highest BCUT2D eigenvalue weighted by atomic mass is 19.1. The van der Waals surface area contributed by atoms with Gasteiger partial charge >= 0.3 is 6.03 Å². The lowest BCUT2D eigenvalue weighted by atomic mass is 9.89. The summed E-state index contributed by atoms with van der Waals surface area (Å²) in [6, 6.07) is 11.4. The number of benzene rings is 2. The fourth-order valence-electron chi connectivity index (χ4n) is 4.92. The van der Waals surface area contributed by atoms with E-state index in [2.05, 4.69) is 23.0 Å². The molecular formula is C23H26F2N4O2. The first-order valence-electron chi connectivity index (χ1n) is 10.7. The Kier molecular flexibility index (Phi) is 5.37. The standard InChI is InChI=1S/C23H26F2N4O2/c24-19-9-16(10-20(25)11-19)14-29-22(30)28(15-23(29)5-7-31-8-6-23)21-3-1-17(2-4-21)18-12-26-27-13-18/h1-4,9-11,18,26-27H,5-8,12-15H2. The first kappa shape index (κ1) is 20.4. The van der Waals surface area contributed by atoms with Crippen LogP contribution in [0.25, 0.3) is 0 Å². The number of urea groups is 1. The van der Waals surface area contributed by atoms with Crippen molar-refractivity contribution in [1.29, 1.82) is 0 Å². The Morgan fingerprint density at radius 2 is 1.65 bits per heavy atom. The molecule has 6 nitrogen and oxygen atoms in total. The highest BCUT2D eigenvalue weighted by molar-refractivity contribution is 5.95. The van der Waals surface area contributed by atoms with Crippen LogP contribution in [0.3, 0.4) is 0 Å². The van der Waals surface area contributed by atoms with Gasteiger partial charge in [-0.05, 0) is 48.2 Å². The molecule has 0 atom stereocenters. The van der Waals surface area contributed by atoms with Crippen molar-refractivity contribution in [2.45, 2.75) is 30.8 Å². The molecule has 0 radical (unpaired) electrons. The normalized spacial score (nSPS) is 21.4. The number of nitrogens with one attached hydrogen (secondary N) is 2. The van der Waals surface area contributed by atoms with E-state index in [0.717, 1.165) is 24.8 Å². The van der Waals surface area contributed by atoms with E-state index in [1.54, 1.807) is 9.80 Å². The summed E-state index contributed by atoms with van der Waals surface area (Å²) < 4.78 is 33.1. The van der Waals surface area contributed by atoms with Gasteiger partial charge < -0.3 is 9.64 Å². The number of hydrogen-bond acceptors (Lipinski definition) is 4. The summed E-state index contributed by atoms with van der Waals surface area (Å²) in [5, 5.41) is 0. The minimum Gasteiger partial charge on any atom is -0.381 e. The largest absolute Gasteiger partial charge is 0.381 e. The average Bonchev–Trinajstić information content (AvgIpc) is 3.38. The lowest BCUT2D eigenvalue weighted by molar-refractivity contribution is 0.00606. The van der Waals surface area contributed by atoms with Gasteiger partial charge in [0.15, 0.2) is 0 Å². The topological polar surface area (TPSA) is 56.8 Å². The van der Waals surface area contributed by atoms with Crippen LogP contribution in [0.4, 0.5) is 19.3 Å². The number of halogens is 2. The van der Waals surface area contributed by atoms with E-state index in [9.17, 15) is 13.6 Å². The Bertz CT molecular complexity index is 936. The Hall–Kier alpha value is -2.55. The van der Waals surface area contributed by atoms with E-state index in [4.69, 9.17) is 4.74 Å². The van der Waals surface area contributed by atoms with E-state index in [1.807, 2.05) is 12.1 Å². The Morgan fingerprint density at radius 3 is 2.29 bits per heavy atom. The fraction of sp³-hybridized carbons (Fsp3) is 0.435. The SMILES string of the molecule is O=C1N(c2ccc(C3CNNC3)cc2)CC2(CCOCC2)N1Cc1cc(F)cc(F)c1. The van der Waals surface area contributed by atoms with Crippen LogP contribution in [0.2, 0.25) is 0 Å². The molecule has 2 aromatic carbocycles. The zero-order chi connectivity index (χ0) is 21.4. The van der Waals surface area contributed by atoms with Crippen LogP contribution in [-0.2, 0) is 11.3 Å². The minimum absolute atomic E-state index is 0.136. The van der Waals surface area contributed by atoms with Gasteiger partial charge in [0.05, 0.1) is 12.1 Å². The Morgan fingerprint density at radius 1 is 1.00 bits per heavy atom. The smallest absolute Gasteiger partial charge is 0.325 e. The molecule has 2 aromatic rings. The predicted octanol–water partition coefficient (Wildman–Crippen LogP) is 3.15. The van der Waals surface area contributed by atoms with E-state index in [0.29, 0.717) is 44.1 Å². The Labute approximate surface area is 180 Å². The molecule has 1 spiro atoms. The molecule has 0 bridgehead atoms. The van der Waals surface area contributed by atoms with Gasteiger partial charge in [-0.15, -0.1) is 0 Å². The molecule has 0 unspecified atom stereocenters. The predicted molar refractivity (Wildman–Crippen MR) is 113 cm³/mol. The second-order valence-electron chi connectivity index (χ2n) is 8.62. The quantitative estimate of drug-likeness (QED) is 0.786. The van der Waals surface area contributed by atoms with Crippen LogP contribution < -0.4 is 15.8 Å². The molecule has 164 valence electrons. The number of nitrogens with zero attached hydrogens (tertiary/aromatic N) is 2. The average molecular weight is 428 g/mol. The first-order valence-corrected chi connectivity index (χ1v) is 10.7. The highest BCUT2D eigenvalue weighted by Crippen LogP contribution is 2.39. The maximum Gasteiger partial charge on any atom is 0.325 e. The highest BCUT2D eigenvalue weighted by Gasteiger charge is 2.50. The van der Waals surface area contributed by atoms with Crippen LogP contribution in [-0.4, -0.2) is 49.3 Å². The minimum atomic E-state index is -0.633. The van der Waals surface area contributed by atoms with Gasteiger partial charge in [-0.3, -0.25) is 15.8 Å². The van der Waals surface area contributed by atoms with Gasteiger partial charge in [-0.1, -0.05) is 12.1 Å².